The van der Waals surface area contributed by atoms with Crippen LogP contribution in [0, 0.1) is 5.41 Å². The van der Waals surface area contributed by atoms with Crippen molar-refractivity contribution in [2.24, 2.45) is 5.41 Å². The summed E-state index contributed by atoms with van der Waals surface area (Å²) in [5, 5.41) is -3.18. The summed E-state index contributed by atoms with van der Waals surface area (Å²) in [4.78, 5) is 23.5. The van der Waals surface area contributed by atoms with E-state index in [4.69, 9.17) is 81.7 Å². The molecule has 0 N–H and O–H groups in total. The number of Topliss-reactive ketones (excluding diaryl/α,β-unsaturated/α-hetero) is 1. The van der Waals surface area contributed by atoms with Crippen LogP contribution < -0.4 is 0 Å². The molecule has 0 radical (unpaired) electrons. The molecule has 2 aliphatic rings. The Kier molecular flexibility index (Phi) is 10.9. The van der Waals surface area contributed by atoms with Gasteiger partial charge in [-0.2, -0.15) is 0 Å². The van der Waals surface area contributed by atoms with Crippen molar-refractivity contribution in [3.63, 3.8) is 0 Å². The second-order valence-corrected chi connectivity index (χ2v) is 11.8. The second kappa shape index (κ2) is 12.0. The molecule has 186 valence electrons. The predicted octanol–water partition coefficient (Wildman–Crippen LogP) is 4.62. The third-order valence-electron chi connectivity index (χ3n) is 5.88. The first-order valence-corrected chi connectivity index (χ1v) is 13.0. The topological polar surface area (TPSA) is 80.3 Å². The standard InChI is InChI=1S/C19H27Cl5O7S/c1-18(2,15(25)13(21)12(20)10-6-30-17(26)31-10)19(24,5-9(27-3)16(23)28-4)14(22)11-7-29-8-32-11/h9-14,16H,5-8H2,1-4H3. The predicted molar refractivity (Wildman–Crippen MR) is 127 cm³/mol. The quantitative estimate of drug-likeness (QED) is 0.246. The molecule has 2 saturated heterocycles. The van der Waals surface area contributed by atoms with Crippen molar-refractivity contribution in [1.82, 2.24) is 0 Å². The third-order valence-corrected chi connectivity index (χ3v) is 10.4. The third kappa shape index (κ3) is 6.05. The summed E-state index contributed by atoms with van der Waals surface area (Å²) in [6, 6.07) is 0. The van der Waals surface area contributed by atoms with E-state index in [1.807, 2.05) is 0 Å². The molecule has 8 atom stereocenters. The Morgan fingerprint density at radius 1 is 1.19 bits per heavy atom. The molecule has 0 saturated carbocycles. The number of carbonyl (C=O) groups is 2. The van der Waals surface area contributed by atoms with Crippen LogP contribution in [0.5, 0.6) is 0 Å². The largest absolute Gasteiger partial charge is 0.508 e. The number of halogens is 5. The van der Waals surface area contributed by atoms with E-state index in [0.29, 0.717) is 12.5 Å². The van der Waals surface area contributed by atoms with Crippen LogP contribution in [0.1, 0.15) is 20.3 Å². The van der Waals surface area contributed by atoms with E-state index in [9.17, 15) is 9.59 Å². The Balaban J connectivity index is 2.35. The van der Waals surface area contributed by atoms with Gasteiger partial charge in [0.1, 0.15) is 12.0 Å². The van der Waals surface area contributed by atoms with Crippen LogP contribution in [0.25, 0.3) is 0 Å². The first kappa shape index (κ1) is 28.9. The molecule has 0 spiro atoms. The lowest BCUT2D eigenvalue weighted by Gasteiger charge is -2.48. The maximum atomic E-state index is 13.6. The van der Waals surface area contributed by atoms with Gasteiger partial charge in [-0.25, -0.2) is 4.79 Å². The molecule has 7 nitrogen and oxygen atoms in total. The van der Waals surface area contributed by atoms with Crippen molar-refractivity contribution in [2.75, 3.05) is 33.4 Å². The summed E-state index contributed by atoms with van der Waals surface area (Å²) in [5.41, 5.74) is -2.14. The first-order chi connectivity index (χ1) is 14.9. The van der Waals surface area contributed by atoms with E-state index >= 15 is 0 Å². The lowest BCUT2D eigenvalue weighted by atomic mass is 9.68. The lowest BCUT2D eigenvalue weighted by Crippen LogP contribution is -2.59. The highest BCUT2D eigenvalue weighted by Gasteiger charge is 2.59. The van der Waals surface area contributed by atoms with E-state index in [-0.39, 0.29) is 18.3 Å². The summed E-state index contributed by atoms with van der Waals surface area (Å²) < 4.78 is 25.9. The second-order valence-electron chi connectivity index (χ2n) is 8.08. The zero-order chi connectivity index (χ0) is 24.3. The normalized spacial score (nSPS) is 28.2. The summed E-state index contributed by atoms with van der Waals surface area (Å²) in [5.74, 6) is -0.00118. The Bertz CT molecular complexity index is 666. The van der Waals surface area contributed by atoms with E-state index in [1.54, 1.807) is 13.8 Å². The van der Waals surface area contributed by atoms with Crippen LogP contribution in [0.2, 0.25) is 0 Å². The Hall–Kier alpha value is 0.620. The fourth-order valence-corrected chi connectivity index (χ4v) is 6.58. The molecular formula is C19H27Cl5O7S. The average molecular weight is 577 g/mol. The fraction of sp³-hybridized carbons (Fsp3) is 0.895. The van der Waals surface area contributed by atoms with Crippen LogP contribution in [0.4, 0.5) is 4.79 Å². The van der Waals surface area contributed by atoms with Crippen molar-refractivity contribution in [3.05, 3.63) is 0 Å². The average Bonchev–Trinajstić information content (AvgIpc) is 3.46. The molecule has 0 aromatic carbocycles. The summed E-state index contributed by atoms with van der Waals surface area (Å²) >= 11 is 34.8. The van der Waals surface area contributed by atoms with Gasteiger partial charge in [-0.05, 0) is 6.42 Å². The molecule has 0 aromatic rings. The molecule has 8 unspecified atom stereocenters. The van der Waals surface area contributed by atoms with Gasteiger partial charge in [0.05, 0.1) is 34.3 Å². The molecule has 2 fully saturated rings. The number of ketones is 1. The minimum atomic E-state index is -1.38. The zero-order valence-corrected chi connectivity index (χ0v) is 22.6. The summed E-state index contributed by atoms with van der Waals surface area (Å²) in [6.45, 7) is 3.58. The molecule has 2 heterocycles. The summed E-state index contributed by atoms with van der Waals surface area (Å²) in [7, 11) is 2.90. The van der Waals surface area contributed by atoms with Crippen LogP contribution in [-0.2, 0) is 28.5 Å². The van der Waals surface area contributed by atoms with E-state index < -0.39 is 56.1 Å². The minimum absolute atomic E-state index is 0.0785. The van der Waals surface area contributed by atoms with E-state index in [0.717, 1.165) is 0 Å². The van der Waals surface area contributed by atoms with Crippen LogP contribution in [-0.4, -0.2) is 89.3 Å². The molecule has 2 rings (SSSR count). The van der Waals surface area contributed by atoms with Gasteiger partial charge in [-0.3, -0.25) is 4.79 Å². The first-order valence-electron chi connectivity index (χ1n) is 9.78. The molecule has 32 heavy (non-hydrogen) atoms. The van der Waals surface area contributed by atoms with Gasteiger partial charge in [0.25, 0.3) is 0 Å². The number of hydrogen-bond donors (Lipinski definition) is 0. The molecule has 2 aliphatic heterocycles. The van der Waals surface area contributed by atoms with Crippen LogP contribution in [0.15, 0.2) is 0 Å². The fourth-order valence-electron chi connectivity index (χ4n) is 3.63. The molecule has 0 aromatic heterocycles. The Morgan fingerprint density at radius 3 is 2.31 bits per heavy atom. The van der Waals surface area contributed by atoms with Gasteiger partial charge in [0, 0.05) is 24.9 Å². The van der Waals surface area contributed by atoms with Crippen LogP contribution in [0.3, 0.4) is 0 Å². The smallest absolute Gasteiger partial charge is 0.430 e. The van der Waals surface area contributed by atoms with Crippen molar-refractivity contribution < 1.29 is 33.3 Å². The highest BCUT2D eigenvalue weighted by molar-refractivity contribution is 8.00. The molecule has 0 bridgehead atoms. The number of methoxy groups -OCH3 is 2. The zero-order valence-electron chi connectivity index (χ0n) is 18.0. The van der Waals surface area contributed by atoms with Crippen molar-refractivity contribution in [3.8, 4) is 0 Å². The molecular weight excluding hydrogens is 550 g/mol. The Morgan fingerprint density at radius 2 is 1.84 bits per heavy atom. The van der Waals surface area contributed by atoms with Crippen molar-refractivity contribution >= 4 is 81.7 Å². The maximum absolute atomic E-state index is 13.6. The highest BCUT2D eigenvalue weighted by Crippen LogP contribution is 2.51. The van der Waals surface area contributed by atoms with Crippen molar-refractivity contribution in [2.45, 2.75) is 64.3 Å². The monoisotopic (exact) mass is 574 g/mol. The maximum Gasteiger partial charge on any atom is 0.508 e. The number of carbonyl (C=O) groups excluding carboxylic acids is 2. The number of rotatable bonds is 12. The Labute approximate surface area is 217 Å². The number of thioether (sulfide) groups is 1. The molecule has 13 heteroatoms. The minimum Gasteiger partial charge on any atom is -0.430 e. The highest BCUT2D eigenvalue weighted by atomic mass is 35.5. The molecule has 0 aliphatic carbocycles. The number of hydrogen-bond acceptors (Lipinski definition) is 8. The lowest BCUT2D eigenvalue weighted by molar-refractivity contribution is -0.130. The van der Waals surface area contributed by atoms with Gasteiger partial charge < -0.3 is 23.7 Å². The number of alkyl halides is 5. The van der Waals surface area contributed by atoms with Gasteiger partial charge in [-0.15, -0.1) is 58.2 Å². The summed E-state index contributed by atoms with van der Waals surface area (Å²) in [6.07, 6.45) is -2.33. The van der Waals surface area contributed by atoms with Gasteiger partial charge in [0.15, 0.2) is 17.5 Å². The van der Waals surface area contributed by atoms with Crippen molar-refractivity contribution in [1.29, 1.82) is 0 Å². The number of cyclic esters (lactones) is 2. The SMILES string of the molecule is COC(Cl)C(CC(Cl)(C(Cl)C1COCS1)C(C)(C)C(=O)C(Cl)C(Cl)C1COC(=O)O1)OC. The van der Waals surface area contributed by atoms with Gasteiger partial charge in [0.2, 0.25) is 0 Å². The number of ether oxygens (including phenoxy) is 5. The van der Waals surface area contributed by atoms with E-state index in [2.05, 4.69) is 0 Å². The van der Waals surface area contributed by atoms with Crippen LogP contribution >= 0.6 is 69.8 Å². The van der Waals surface area contributed by atoms with Gasteiger partial charge in [-0.1, -0.05) is 25.4 Å². The van der Waals surface area contributed by atoms with Gasteiger partial charge >= 0.3 is 6.16 Å². The molecule has 0 amide bonds. The van der Waals surface area contributed by atoms with E-state index in [1.165, 1.54) is 26.0 Å².